The topological polar surface area (TPSA) is 56.4 Å². The maximum atomic E-state index is 13.6. The number of rotatable bonds is 4. The first kappa shape index (κ1) is 20.8. The van der Waals surface area contributed by atoms with Crippen LogP contribution < -0.4 is 21.1 Å². The van der Waals surface area contributed by atoms with Crippen molar-refractivity contribution in [2.24, 2.45) is 0 Å². The summed E-state index contributed by atoms with van der Waals surface area (Å²) in [5.41, 5.74) is 7.39. The Kier molecular flexibility index (Phi) is 7.58. The number of anilines is 2. The molecule has 1 saturated heterocycles. The molecular weight excluding hydrogens is 387 g/mol. The van der Waals surface area contributed by atoms with Gasteiger partial charge in [0.05, 0.1) is 5.69 Å². The number of para-hydroxylation sites is 1. The minimum atomic E-state index is -0.425. The van der Waals surface area contributed by atoms with Crippen molar-refractivity contribution in [3.05, 3.63) is 66.0 Å². The monoisotopic (exact) mass is 412 g/mol. The summed E-state index contributed by atoms with van der Waals surface area (Å²) in [7, 11) is 0. The molecule has 1 aliphatic heterocycles. The zero-order valence-electron chi connectivity index (χ0n) is 16.2. The van der Waals surface area contributed by atoms with E-state index in [-0.39, 0.29) is 16.7 Å². The largest absolute Gasteiger partial charge is 0.372 e. The summed E-state index contributed by atoms with van der Waals surface area (Å²) in [6.07, 6.45) is 8.24. The smallest absolute Gasteiger partial charge is 0.262 e. The van der Waals surface area contributed by atoms with E-state index >= 15 is 0 Å². The number of benzene rings is 2. The summed E-state index contributed by atoms with van der Waals surface area (Å²) in [6, 6.07) is 14.3. The van der Waals surface area contributed by atoms with Gasteiger partial charge in [-0.05, 0) is 61.0 Å². The van der Waals surface area contributed by atoms with Gasteiger partial charge in [0.25, 0.3) is 5.91 Å². The summed E-state index contributed by atoms with van der Waals surface area (Å²) >= 11 is 5.05. The van der Waals surface area contributed by atoms with E-state index in [1.54, 1.807) is 24.3 Å². The summed E-state index contributed by atoms with van der Waals surface area (Å²) in [5.74, 6) is -0.786. The van der Waals surface area contributed by atoms with Gasteiger partial charge in [-0.2, -0.15) is 0 Å². The molecule has 3 N–H and O–H groups in total. The fraction of sp³-hybridized carbons (Fsp3) is 0.273. The first-order valence-electron chi connectivity index (χ1n) is 9.76. The Morgan fingerprint density at radius 3 is 2.34 bits per heavy atom. The number of hydrogen-bond donors (Lipinski definition) is 3. The lowest BCUT2D eigenvalue weighted by molar-refractivity contribution is -0.116. The van der Waals surface area contributed by atoms with Gasteiger partial charge in [-0.15, -0.1) is 0 Å². The van der Waals surface area contributed by atoms with Crippen molar-refractivity contribution in [1.29, 1.82) is 0 Å². The number of thiocarbonyl (C=S) groups is 1. The van der Waals surface area contributed by atoms with Crippen LogP contribution in [0.15, 0.2) is 54.6 Å². The van der Waals surface area contributed by atoms with Crippen LogP contribution in [0.25, 0.3) is 6.08 Å². The van der Waals surface area contributed by atoms with Gasteiger partial charge in [0.1, 0.15) is 5.82 Å². The van der Waals surface area contributed by atoms with Crippen LogP contribution in [-0.2, 0) is 4.79 Å². The van der Waals surface area contributed by atoms with Crippen molar-refractivity contribution in [3.63, 3.8) is 0 Å². The third-order valence-electron chi connectivity index (χ3n) is 4.71. The predicted octanol–water partition coefficient (Wildman–Crippen LogP) is 4.24. The third kappa shape index (κ3) is 6.57. The van der Waals surface area contributed by atoms with Crippen molar-refractivity contribution < 1.29 is 9.18 Å². The molecule has 7 heteroatoms. The number of hydrazine groups is 1. The molecule has 1 heterocycles. The van der Waals surface area contributed by atoms with Gasteiger partial charge in [-0.3, -0.25) is 15.6 Å². The fourth-order valence-corrected chi connectivity index (χ4v) is 3.33. The summed E-state index contributed by atoms with van der Waals surface area (Å²) in [4.78, 5) is 14.4. The summed E-state index contributed by atoms with van der Waals surface area (Å²) < 4.78 is 13.6. The van der Waals surface area contributed by atoms with E-state index in [1.165, 1.54) is 43.5 Å². The van der Waals surface area contributed by atoms with Crippen LogP contribution in [0.4, 0.5) is 15.8 Å². The molecule has 0 radical (unpaired) electrons. The molecule has 1 fully saturated rings. The molecule has 5 nitrogen and oxygen atoms in total. The molecular formula is C22H25FN4OS. The van der Waals surface area contributed by atoms with Gasteiger partial charge in [-0.1, -0.05) is 37.1 Å². The Morgan fingerprint density at radius 1 is 0.966 bits per heavy atom. The van der Waals surface area contributed by atoms with E-state index in [1.807, 2.05) is 12.1 Å². The molecule has 0 atom stereocenters. The lowest BCUT2D eigenvalue weighted by Gasteiger charge is -2.22. The molecule has 29 heavy (non-hydrogen) atoms. The number of nitrogens with one attached hydrogen (secondary N) is 3. The first-order valence-corrected chi connectivity index (χ1v) is 10.2. The molecule has 0 unspecified atom stereocenters. The summed E-state index contributed by atoms with van der Waals surface area (Å²) in [6.45, 7) is 2.20. The zero-order valence-corrected chi connectivity index (χ0v) is 17.0. The Morgan fingerprint density at radius 2 is 1.66 bits per heavy atom. The van der Waals surface area contributed by atoms with Gasteiger partial charge < -0.3 is 10.2 Å². The van der Waals surface area contributed by atoms with Gasteiger partial charge in [-0.25, -0.2) is 4.39 Å². The van der Waals surface area contributed by atoms with Gasteiger partial charge in [0, 0.05) is 24.9 Å². The van der Waals surface area contributed by atoms with Crippen LogP contribution in [0, 0.1) is 5.82 Å². The standard InChI is InChI=1S/C22H25FN4OS/c23-19-7-3-4-8-20(19)24-22(29)26-25-21(28)14-11-17-9-12-18(13-10-17)27-15-5-1-2-6-16-27/h3-4,7-14H,1-2,5-6,15-16H2,(H,25,28)(H2,24,26,29)/b14-11+. The van der Waals surface area contributed by atoms with E-state index in [0.29, 0.717) is 0 Å². The second-order valence-electron chi connectivity index (χ2n) is 6.87. The van der Waals surface area contributed by atoms with Crippen molar-refractivity contribution in [1.82, 2.24) is 10.9 Å². The number of carbonyl (C=O) groups is 1. The molecule has 0 bridgehead atoms. The Labute approximate surface area is 176 Å². The minimum Gasteiger partial charge on any atom is -0.372 e. The second-order valence-corrected chi connectivity index (χ2v) is 7.28. The number of halogens is 1. The Hall–Kier alpha value is -2.93. The average Bonchev–Trinajstić information content (AvgIpc) is 3.02. The normalized spacial score (nSPS) is 14.3. The molecule has 0 aromatic heterocycles. The number of amides is 1. The molecule has 0 saturated carbocycles. The maximum absolute atomic E-state index is 13.6. The van der Waals surface area contributed by atoms with Crippen LogP contribution in [0.3, 0.4) is 0 Å². The number of carbonyl (C=O) groups excluding carboxylic acids is 1. The summed E-state index contributed by atoms with van der Waals surface area (Å²) in [5, 5.41) is 2.78. The maximum Gasteiger partial charge on any atom is 0.262 e. The Bertz CT molecular complexity index is 861. The van der Waals surface area contributed by atoms with E-state index in [2.05, 4.69) is 33.2 Å². The SMILES string of the molecule is O=C(/C=C/c1ccc(N2CCCCCC2)cc1)NNC(=S)Nc1ccccc1F. The van der Waals surface area contributed by atoms with Crippen molar-refractivity contribution >= 4 is 40.7 Å². The van der Waals surface area contributed by atoms with Gasteiger partial charge >= 0.3 is 0 Å². The van der Waals surface area contributed by atoms with Crippen LogP contribution in [0.5, 0.6) is 0 Å². The molecule has 3 rings (SSSR count). The predicted molar refractivity (Wildman–Crippen MR) is 120 cm³/mol. The lowest BCUT2D eigenvalue weighted by Crippen LogP contribution is -2.43. The highest BCUT2D eigenvalue weighted by Gasteiger charge is 2.09. The molecule has 2 aromatic carbocycles. The number of nitrogens with zero attached hydrogens (tertiary/aromatic N) is 1. The van der Waals surface area contributed by atoms with Crippen molar-refractivity contribution in [2.45, 2.75) is 25.7 Å². The van der Waals surface area contributed by atoms with E-state index in [9.17, 15) is 9.18 Å². The molecule has 2 aromatic rings. The highest BCUT2D eigenvalue weighted by atomic mass is 32.1. The lowest BCUT2D eigenvalue weighted by atomic mass is 10.1. The van der Waals surface area contributed by atoms with Gasteiger partial charge in [0.2, 0.25) is 0 Å². The van der Waals surface area contributed by atoms with Crippen molar-refractivity contribution in [2.75, 3.05) is 23.3 Å². The van der Waals surface area contributed by atoms with E-state index in [0.717, 1.165) is 18.7 Å². The molecule has 152 valence electrons. The van der Waals surface area contributed by atoms with E-state index in [4.69, 9.17) is 12.2 Å². The van der Waals surface area contributed by atoms with E-state index < -0.39 is 5.82 Å². The van der Waals surface area contributed by atoms with Crippen LogP contribution >= 0.6 is 12.2 Å². The fourth-order valence-electron chi connectivity index (χ4n) is 3.17. The molecule has 0 aliphatic carbocycles. The second kappa shape index (κ2) is 10.6. The molecule has 1 aliphatic rings. The quantitative estimate of drug-likeness (QED) is 0.398. The van der Waals surface area contributed by atoms with Crippen LogP contribution in [0.1, 0.15) is 31.2 Å². The van der Waals surface area contributed by atoms with Crippen LogP contribution in [0.2, 0.25) is 0 Å². The highest BCUT2D eigenvalue weighted by Crippen LogP contribution is 2.20. The average molecular weight is 413 g/mol. The minimum absolute atomic E-state index is 0.0960. The van der Waals surface area contributed by atoms with Gasteiger partial charge in [0.15, 0.2) is 5.11 Å². The van der Waals surface area contributed by atoms with Crippen LogP contribution in [-0.4, -0.2) is 24.1 Å². The Balaban J connectivity index is 1.46. The first-order chi connectivity index (χ1) is 14.1. The molecule has 0 spiro atoms. The highest BCUT2D eigenvalue weighted by molar-refractivity contribution is 7.80. The van der Waals surface area contributed by atoms with Crippen molar-refractivity contribution in [3.8, 4) is 0 Å². The zero-order chi connectivity index (χ0) is 20.5. The third-order valence-corrected chi connectivity index (χ3v) is 4.92. The molecule has 1 amide bonds. The number of hydrogen-bond acceptors (Lipinski definition) is 3.